The molecule has 0 spiro atoms. The number of carbonyl (C=O) groups excluding carboxylic acids is 1. The highest BCUT2D eigenvalue weighted by Crippen LogP contribution is 2.43. The van der Waals surface area contributed by atoms with E-state index in [9.17, 15) is 9.90 Å². The van der Waals surface area contributed by atoms with E-state index in [0.717, 1.165) is 51.8 Å². The Morgan fingerprint density at radius 1 is 1.28 bits per heavy atom. The number of halogens is 1. The van der Waals surface area contributed by atoms with Crippen LogP contribution in [0.5, 0.6) is 0 Å². The molecule has 1 saturated heterocycles. The molecule has 9 heteroatoms. The molecule has 2 N–H and O–H groups in total. The highest BCUT2D eigenvalue weighted by atomic mass is 35.5. The molecule has 1 unspecified atom stereocenters. The van der Waals surface area contributed by atoms with Crippen molar-refractivity contribution in [2.24, 2.45) is 5.92 Å². The number of piperazine rings is 1. The maximum atomic E-state index is 13.5. The van der Waals surface area contributed by atoms with Crippen molar-refractivity contribution in [1.82, 2.24) is 20.2 Å². The van der Waals surface area contributed by atoms with E-state index in [-0.39, 0.29) is 17.7 Å². The molecule has 3 atom stereocenters. The molecule has 0 bridgehead atoms. The van der Waals surface area contributed by atoms with Crippen molar-refractivity contribution < 1.29 is 9.90 Å². The van der Waals surface area contributed by atoms with Gasteiger partial charge in [-0.25, -0.2) is 9.97 Å². The first-order valence-electron chi connectivity index (χ1n) is 11.5. The zero-order chi connectivity index (χ0) is 22.2. The van der Waals surface area contributed by atoms with Crippen LogP contribution in [0.15, 0.2) is 18.5 Å². The summed E-state index contributed by atoms with van der Waals surface area (Å²) in [6.07, 6.45) is 4.32. The van der Waals surface area contributed by atoms with Crippen molar-refractivity contribution in [2.75, 3.05) is 44.2 Å². The third kappa shape index (κ3) is 4.51. The number of nitrogens with one attached hydrogen (secondary N) is 1. The largest absolute Gasteiger partial charge is 0.387 e. The maximum Gasteiger partial charge on any atom is 0.232 e. The van der Waals surface area contributed by atoms with E-state index in [2.05, 4.69) is 27.1 Å². The fraction of sp³-hybridized carbons (Fsp3) is 0.609. The van der Waals surface area contributed by atoms with Crippen LogP contribution < -0.4 is 10.2 Å². The van der Waals surface area contributed by atoms with Gasteiger partial charge in [0.05, 0.1) is 22.1 Å². The van der Waals surface area contributed by atoms with E-state index in [1.54, 1.807) is 6.33 Å². The molecule has 3 aliphatic rings. The summed E-state index contributed by atoms with van der Waals surface area (Å²) in [4.78, 5) is 27.6. The average molecular weight is 476 g/mol. The number of hydrogen-bond acceptors (Lipinski definition) is 7. The summed E-state index contributed by atoms with van der Waals surface area (Å²) < 4.78 is 0.721. The van der Waals surface area contributed by atoms with E-state index in [1.807, 2.05) is 17.0 Å². The van der Waals surface area contributed by atoms with Crippen LogP contribution in [0.3, 0.4) is 0 Å². The van der Waals surface area contributed by atoms with E-state index in [4.69, 9.17) is 11.6 Å². The van der Waals surface area contributed by atoms with Crippen LogP contribution in [-0.4, -0.2) is 65.2 Å². The Morgan fingerprint density at radius 3 is 2.75 bits per heavy atom. The minimum absolute atomic E-state index is 0.170. The number of fused-ring (bicyclic) bond motifs is 1. The van der Waals surface area contributed by atoms with Crippen molar-refractivity contribution in [3.63, 3.8) is 0 Å². The topological polar surface area (TPSA) is 81.6 Å². The van der Waals surface area contributed by atoms with E-state index < -0.39 is 6.10 Å². The number of thiophene rings is 1. The molecule has 0 aromatic carbocycles. The number of anilines is 1. The molecule has 0 radical (unpaired) electrons. The van der Waals surface area contributed by atoms with Crippen LogP contribution in [0.25, 0.3) is 0 Å². The Bertz CT molecular complexity index is 973. The minimum Gasteiger partial charge on any atom is -0.387 e. The molecule has 1 saturated carbocycles. The first-order valence-corrected chi connectivity index (χ1v) is 12.7. The van der Waals surface area contributed by atoms with Crippen LogP contribution >= 0.6 is 22.9 Å². The van der Waals surface area contributed by atoms with Crippen LogP contribution in [0.1, 0.15) is 60.3 Å². The van der Waals surface area contributed by atoms with Gasteiger partial charge in [0.2, 0.25) is 5.91 Å². The molecule has 3 heterocycles. The van der Waals surface area contributed by atoms with Crippen molar-refractivity contribution in [3.8, 4) is 0 Å². The Balaban J connectivity index is 1.26. The third-order valence-electron chi connectivity index (χ3n) is 6.88. The predicted octanol–water partition coefficient (Wildman–Crippen LogP) is 3.16. The lowest BCUT2D eigenvalue weighted by Crippen LogP contribution is -2.51. The smallest absolute Gasteiger partial charge is 0.232 e. The van der Waals surface area contributed by atoms with Gasteiger partial charge in [0.25, 0.3) is 0 Å². The van der Waals surface area contributed by atoms with E-state index in [0.29, 0.717) is 26.1 Å². The normalized spacial score (nSPS) is 24.0. The van der Waals surface area contributed by atoms with E-state index >= 15 is 0 Å². The number of aliphatic hydroxyl groups excluding tert-OH is 1. The van der Waals surface area contributed by atoms with Crippen molar-refractivity contribution >= 4 is 34.7 Å². The van der Waals surface area contributed by atoms with Crippen molar-refractivity contribution in [2.45, 2.75) is 44.1 Å². The lowest BCUT2D eigenvalue weighted by Gasteiger charge is -2.37. The van der Waals surface area contributed by atoms with Gasteiger partial charge < -0.3 is 20.2 Å². The summed E-state index contributed by atoms with van der Waals surface area (Å²) in [5.41, 5.74) is 1.83. The summed E-state index contributed by atoms with van der Waals surface area (Å²) in [5.74, 6) is 1.90. The Labute approximate surface area is 197 Å². The Hall–Kier alpha value is -1.74. The summed E-state index contributed by atoms with van der Waals surface area (Å²) in [5, 5.41) is 13.8. The number of amides is 1. The van der Waals surface area contributed by atoms with Crippen LogP contribution in [0.2, 0.25) is 4.34 Å². The Kier molecular flexibility index (Phi) is 6.38. The number of aromatic nitrogens is 2. The monoisotopic (exact) mass is 475 g/mol. The first kappa shape index (κ1) is 22.1. The molecular formula is C23H30ClN5O2S. The zero-order valence-corrected chi connectivity index (χ0v) is 19.9. The second-order valence-corrected chi connectivity index (χ2v) is 11.0. The highest BCUT2D eigenvalue weighted by Gasteiger charge is 2.35. The van der Waals surface area contributed by atoms with Gasteiger partial charge in [-0.2, -0.15) is 0 Å². The predicted molar refractivity (Wildman–Crippen MR) is 126 cm³/mol. The van der Waals surface area contributed by atoms with Crippen molar-refractivity contribution in [1.29, 1.82) is 0 Å². The number of aliphatic hydroxyl groups is 1. The lowest BCUT2D eigenvalue weighted by molar-refractivity contribution is -0.133. The molecule has 2 aromatic rings. The number of rotatable bonds is 7. The molecular weight excluding hydrogens is 446 g/mol. The zero-order valence-electron chi connectivity index (χ0n) is 18.3. The molecule has 1 aliphatic heterocycles. The molecule has 5 rings (SSSR count). The molecule has 2 fully saturated rings. The van der Waals surface area contributed by atoms with Gasteiger partial charge in [-0.05, 0) is 49.8 Å². The van der Waals surface area contributed by atoms with Gasteiger partial charge in [0, 0.05) is 43.2 Å². The fourth-order valence-corrected chi connectivity index (χ4v) is 6.05. The van der Waals surface area contributed by atoms with Gasteiger partial charge in [-0.3, -0.25) is 4.79 Å². The minimum atomic E-state index is -0.508. The van der Waals surface area contributed by atoms with Gasteiger partial charge in [-0.1, -0.05) is 18.5 Å². The second-order valence-electron chi connectivity index (χ2n) is 9.26. The summed E-state index contributed by atoms with van der Waals surface area (Å²) in [7, 11) is 0. The Morgan fingerprint density at radius 2 is 2.06 bits per heavy atom. The van der Waals surface area contributed by atoms with Gasteiger partial charge in [0.1, 0.15) is 12.1 Å². The number of carbonyl (C=O) groups is 1. The molecule has 172 valence electrons. The lowest BCUT2D eigenvalue weighted by atomic mass is 10.0. The molecule has 1 amide bonds. The molecule has 2 aliphatic carbocycles. The molecule has 32 heavy (non-hydrogen) atoms. The van der Waals surface area contributed by atoms with Crippen LogP contribution in [0, 0.1) is 5.92 Å². The van der Waals surface area contributed by atoms with Gasteiger partial charge in [0.15, 0.2) is 0 Å². The highest BCUT2D eigenvalue weighted by molar-refractivity contribution is 7.16. The van der Waals surface area contributed by atoms with Crippen LogP contribution in [0.4, 0.5) is 5.82 Å². The quantitative estimate of drug-likeness (QED) is 0.640. The van der Waals surface area contributed by atoms with E-state index in [1.165, 1.54) is 24.2 Å². The summed E-state index contributed by atoms with van der Waals surface area (Å²) in [6.45, 7) is 6.53. The second kappa shape index (κ2) is 9.25. The third-order valence-corrected chi connectivity index (χ3v) is 8.23. The maximum absolute atomic E-state index is 13.5. The summed E-state index contributed by atoms with van der Waals surface area (Å²) in [6, 6.07) is 3.87. The number of nitrogens with zero attached hydrogens (tertiary/aromatic N) is 4. The van der Waals surface area contributed by atoms with Gasteiger partial charge >= 0.3 is 0 Å². The van der Waals surface area contributed by atoms with Crippen molar-refractivity contribution in [3.05, 3.63) is 38.9 Å². The molecule has 7 nitrogen and oxygen atoms in total. The number of hydrogen-bond donors (Lipinski definition) is 2. The van der Waals surface area contributed by atoms with Gasteiger partial charge in [-0.15, -0.1) is 11.3 Å². The molecule has 2 aromatic heterocycles. The fourth-order valence-electron chi connectivity index (χ4n) is 4.89. The average Bonchev–Trinajstić information content (AvgIpc) is 3.46. The summed E-state index contributed by atoms with van der Waals surface area (Å²) >= 11 is 7.68. The standard InChI is InChI=1S/C23H30ClN5O2S/c1-14-10-17(30)21-20(14)22(27-13-26-21)28-6-8-29(9-7-28)23(31)16(12-25-11-15-2-3-15)18-4-5-19(24)32-18/h4-5,13-17,25,30H,2-3,6-12H2,1H3/t14-,16?,17+/m1/s1. The van der Waals surface area contributed by atoms with Crippen LogP contribution in [-0.2, 0) is 4.79 Å². The first-order chi connectivity index (χ1) is 15.5. The SMILES string of the molecule is C[C@@H]1C[C@H](O)c2ncnc(N3CCN(C(=O)C(CNCC4CC4)c4ccc(Cl)s4)CC3)c21.